The van der Waals surface area contributed by atoms with Crippen molar-refractivity contribution in [3.05, 3.63) is 22.8 Å². The molecule has 0 bridgehead atoms. The highest BCUT2D eigenvalue weighted by molar-refractivity contribution is 6.33. The van der Waals surface area contributed by atoms with E-state index in [9.17, 15) is 4.79 Å². The standard InChI is InChI=1S/C14H20ClN3O/c1-3-7-16-12-6-5-10(15)13(18-12)14(19)17-11-8-9(11)4-2/h5-6,9,11H,3-4,7-8H2,1-2H3,(H,16,18)(H,17,19). The third-order valence-electron chi connectivity index (χ3n) is 3.38. The fourth-order valence-corrected chi connectivity index (χ4v) is 2.26. The van der Waals surface area contributed by atoms with Crippen molar-refractivity contribution in [3.63, 3.8) is 0 Å². The van der Waals surface area contributed by atoms with Gasteiger partial charge in [0.15, 0.2) is 0 Å². The number of anilines is 1. The van der Waals surface area contributed by atoms with Crippen LogP contribution in [0.1, 0.15) is 43.6 Å². The van der Waals surface area contributed by atoms with Gasteiger partial charge < -0.3 is 10.6 Å². The minimum atomic E-state index is -0.175. The normalized spacial score (nSPS) is 21.0. The molecule has 1 aliphatic rings. The van der Waals surface area contributed by atoms with Crippen molar-refractivity contribution in [1.29, 1.82) is 0 Å². The number of hydrogen-bond donors (Lipinski definition) is 2. The van der Waals surface area contributed by atoms with E-state index in [0.717, 1.165) is 25.8 Å². The first-order chi connectivity index (χ1) is 9.15. The molecule has 5 heteroatoms. The van der Waals surface area contributed by atoms with Gasteiger partial charge in [-0.3, -0.25) is 4.79 Å². The number of nitrogens with zero attached hydrogens (tertiary/aromatic N) is 1. The van der Waals surface area contributed by atoms with Crippen LogP contribution in [0.15, 0.2) is 12.1 Å². The van der Waals surface area contributed by atoms with Crippen molar-refractivity contribution in [2.24, 2.45) is 5.92 Å². The van der Waals surface area contributed by atoms with E-state index in [-0.39, 0.29) is 5.91 Å². The number of halogens is 1. The van der Waals surface area contributed by atoms with Crippen LogP contribution in [0, 0.1) is 5.92 Å². The molecule has 19 heavy (non-hydrogen) atoms. The Labute approximate surface area is 118 Å². The van der Waals surface area contributed by atoms with E-state index in [1.807, 2.05) is 0 Å². The van der Waals surface area contributed by atoms with Crippen molar-refractivity contribution in [1.82, 2.24) is 10.3 Å². The van der Waals surface area contributed by atoms with Gasteiger partial charge in [-0.05, 0) is 30.9 Å². The Morgan fingerprint density at radius 2 is 2.26 bits per heavy atom. The molecule has 2 rings (SSSR count). The number of amides is 1. The molecule has 4 nitrogen and oxygen atoms in total. The molecule has 1 aromatic rings. The fraction of sp³-hybridized carbons (Fsp3) is 0.571. The maximum atomic E-state index is 12.1. The average molecular weight is 282 g/mol. The summed E-state index contributed by atoms with van der Waals surface area (Å²) < 4.78 is 0. The second-order valence-corrected chi connectivity index (χ2v) is 5.34. The minimum Gasteiger partial charge on any atom is -0.370 e. The lowest BCUT2D eigenvalue weighted by Gasteiger charge is -2.09. The molecule has 0 aliphatic heterocycles. The Balaban J connectivity index is 2.03. The molecule has 2 atom stereocenters. The summed E-state index contributed by atoms with van der Waals surface area (Å²) in [6.07, 6.45) is 3.17. The van der Waals surface area contributed by atoms with Crippen LogP contribution in [0.3, 0.4) is 0 Å². The van der Waals surface area contributed by atoms with Crippen molar-refractivity contribution < 1.29 is 4.79 Å². The van der Waals surface area contributed by atoms with E-state index in [2.05, 4.69) is 29.5 Å². The monoisotopic (exact) mass is 281 g/mol. The van der Waals surface area contributed by atoms with Crippen LogP contribution < -0.4 is 10.6 Å². The highest BCUT2D eigenvalue weighted by Crippen LogP contribution is 2.33. The second-order valence-electron chi connectivity index (χ2n) is 4.94. The van der Waals surface area contributed by atoms with Crippen molar-refractivity contribution in [2.45, 2.75) is 39.2 Å². The molecule has 104 valence electrons. The Kier molecular flexibility index (Phi) is 4.64. The number of carbonyl (C=O) groups excluding carboxylic acids is 1. The number of aromatic nitrogens is 1. The molecule has 1 amide bonds. The number of carbonyl (C=O) groups is 1. The maximum absolute atomic E-state index is 12.1. The lowest BCUT2D eigenvalue weighted by Crippen LogP contribution is -2.28. The van der Waals surface area contributed by atoms with Gasteiger partial charge in [0.2, 0.25) is 0 Å². The van der Waals surface area contributed by atoms with E-state index in [1.54, 1.807) is 12.1 Å². The second kappa shape index (κ2) is 6.24. The zero-order chi connectivity index (χ0) is 13.8. The van der Waals surface area contributed by atoms with E-state index in [1.165, 1.54) is 0 Å². The molecule has 1 saturated carbocycles. The third kappa shape index (κ3) is 3.60. The van der Waals surface area contributed by atoms with Crippen LogP contribution in [0.4, 0.5) is 5.82 Å². The highest BCUT2D eigenvalue weighted by Gasteiger charge is 2.37. The molecule has 1 fully saturated rings. The molecule has 0 radical (unpaired) electrons. The molecule has 0 saturated heterocycles. The Morgan fingerprint density at radius 1 is 1.47 bits per heavy atom. The van der Waals surface area contributed by atoms with Gasteiger partial charge >= 0.3 is 0 Å². The lowest BCUT2D eigenvalue weighted by atomic mass is 10.3. The third-order valence-corrected chi connectivity index (χ3v) is 3.69. The van der Waals surface area contributed by atoms with Gasteiger partial charge in [0.25, 0.3) is 5.91 Å². The molecular formula is C14H20ClN3O. The van der Waals surface area contributed by atoms with E-state index >= 15 is 0 Å². The molecule has 1 heterocycles. The van der Waals surface area contributed by atoms with Gasteiger partial charge in [0.05, 0.1) is 5.02 Å². The summed E-state index contributed by atoms with van der Waals surface area (Å²) in [7, 11) is 0. The minimum absolute atomic E-state index is 0.175. The molecule has 0 aromatic carbocycles. The maximum Gasteiger partial charge on any atom is 0.271 e. The largest absolute Gasteiger partial charge is 0.370 e. The summed E-state index contributed by atoms with van der Waals surface area (Å²) in [5.41, 5.74) is 0.310. The SMILES string of the molecule is CCCNc1ccc(Cl)c(C(=O)NC2CC2CC)n1. The summed E-state index contributed by atoms with van der Waals surface area (Å²) in [5, 5.41) is 6.53. The van der Waals surface area contributed by atoms with Gasteiger partial charge in [-0.1, -0.05) is 31.9 Å². The highest BCUT2D eigenvalue weighted by atomic mass is 35.5. The Hall–Kier alpha value is -1.29. The number of rotatable bonds is 6. The van der Waals surface area contributed by atoms with Crippen LogP contribution in [0.2, 0.25) is 5.02 Å². The van der Waals surface area contributed by atoms with Crippen LogP contribution in [0.25, 0.3) is 0 Å². The average Bonchev–Trinajstić information content (AvgIpc) is 3.16. The summed E-state index contributed by atoms with van der Waals surface area (Å²) in [6, 6.07) is 3.80. The lowest BCUT2D eigenvalue weighted by molar-refractivity contribution is 0.0944. The van der Waals surface area contributed by atoms with Crippen molar-refractivity contribution in [3.8, 4) is 0 Å². The van der Waals surface area contributed by atoms with E-state index in [0.29, 0.717) is 28.5 Å². The molecule has 1 aliphatic carbocycles. The Bertz CT molecular complexity index is 464. The van der Waals surface area contributed by atoms with E-state index in [4.69, 9.17) is 11.6 Å². The zero-order valence-corrected chi connectivity index (χ0v) is 12.1. The molecule has 0 spiro atoms. The summed E-state index contributed by atoms with van der Waals surface area (Å²) >= 11 is 6.05. The molecule has 2 unspecified atom stereocenters. The van der Waals surface area contributed by atoms with Gasteiger partial charge in [0.1, 0.15) is 11.5 Å². The van der Waals surface area contributed by atoms with Gasteiger partial charge in [0, 0.05) is 12.6 Å². The molecule has 2 N–H and O–H groups in total. The van der Waals surface area contributed by atoms with E-state index < -0.39 is 0 Å². The van der Waals surface area contributed by atoms with Crippen molar-refractivity contribution >= 4 is 23.3 Å². The number of pyridine rings is 1. The topological polar surface area (TPSA) is 54.0 Å². The number of hydrogen-bond acceptors (Lipinski definition) is 3. The first-order valence-electron chi connectivity index (χ1n) is 6.87. The predicted octanol–water partition coefficient (Wildman–Crippen LogP) is 3.09. The first kappa shape index (κ1) is 14.1. The van der Waals surface area contributed by atoms with Crippen LogP contribution in [0.5, 0.6) is 0 Å². The summed E-state index contributed by atoms with van der Waals surface area (Å²) in [4.78, 5) is 16.4. The first-order valence-corrected chi connectivity index (χ1v) is 7.24. The summed E-state index contributed by atoms with van der Waals surface area (Å²) in [5.74, 6) is 1.13. The summed E-state index contributed by atoms with van der Waals surface area (Å²) in [6.45, 7) is 5.04. The zero-order valence-electron chi connectivity index (χ0n) is 11.4. The van der Waals surface area contributed by atoms with Crippen molar-refractivity contribution in [2.75, 3.05) is 11.9 Å². The molecular weight excluding hydrogens is 262 g/mol. The fourth-order valence-electron chi connectivity index (χ4n) is 2.07. The van der Waals surface area contributed by atoms with Crippen LogP contribution >= 0.6 is 11.6 Å². The predicted molar refractivity (Wildman–Crippen MR) is 77.7 cm³/mol. The smallest absolute Gasteiger partial charge is 0.271 e. The van der Waals surface area contributed by atoms with Gasteiger partial charge in [-0.15, -0.1) is 0 Å². The Morgan fingerprint density at radius 3 is 2.89 bits per heavy atom. The van der Waals surface area contributed by atoms with Gasteiger partial charge in [-0.25, -0.2) is 4.98 Å². The van der Waals surface area contributed by atoms with Gasteiger partial charge in [-0.2, -0.15) is 0 Å². The number of nitrogens with one attached hydrogen (secondary N) is 2. The van der Waals surface area contributed by atoms with Crippen LogP contribution in [-0.4, -0.2) is 23.5 Å². The quantitative estimate of drug-likeness (QED) is 0.842. The van der Waals surface area contributed by atoms with Crippen LogP contribution in [-0.2, 0) is 0 Å². The molecule has 1 aromatic heterocycles.